The molecule has 0 aromatic heterocycles. The summed E-state index contributed by atoms with van der Waals surface area (Å²) in [5.74, 6) is -113. The number of hydrogen-bond donors (Lipinski definition) is 0. The van der Waals surface area contributed by atoms with Crippen LogP contribution in [0.25, 0.3) is 0 Å². The molecule has 0 saturated carbocycles. The van der Waals surface area contributed by atoms with Crippen LogP contribution in [0.2, 0.25) is 0 Å². The van der Waals surface area contributed by atoms with Gasteiger partial charge in [0.1, 0.15) is 0 Å². The lowest BCUT2D eigenvalue weighted by atomic mass is 9.79. The zero-order valence-corrected chi connectivity index (χ0v) is 33.2. The third kappa shape index (κ3) is 10.5. The van der Waals surface area contributed by atoms with Gasteiger partial charge in [-0.05, 0) is 6.42 Å². The summed E-state index contributed by atoms with van der Waals surface area (Å²) < 4.78 is 567. The van der Waals surface area contributed by atoms with E-state index < -0.39 is 171 Å². The van der Waals surface area contributed by atoms with Crippen molar-refractivity contribution in [1.82, 2.24) is 0 Å². The molecular weight excluding hydrogens is 1180 g/mol. The Morgan fingerprint density at radius 1 is 0.254 bits per heavy atom. The highest BCUT2D eigenvalue weighted by Gasteiger charge is 3.01. The average Bonchev–Trinajstić information content (AvgIpc) is 3.12. The fourth-order valence-electron chi connectivity index (χ4n) is 4.55. The molecule has 0 N–H and O–H groups in total. The summed E-state index contributed by atoms with van der Waals surface area (Å²) in [7, 11) is -12.6. The molecule has 0 spiro atoms. The molecule has 2 unspecified atom stereocenters. The predicted octanol–water partition coefficient (Wildman–Crippen LogP) is 12.1. The highest BCUT2D eigenvalue weighted by molar-refractivity contribution is 7.86. The van der Waals surface area contributed by atoms with Crippen LogP contribution in [0.1, 0.15) is 19.3 Å². The van der Waals surface area contributed by atoms with Crippen LogP contribution in [0.5, 0.6) is 0 Å². The Labute approximate surface area is 364 Å². The Hall–Kier alpha value is -2.84. The van der Waals surface area contributed by atoms with Gasteiger partial charge < -0.3 is 0 Å². The molecule has 0 heterocycles. The van der Waals surface area contributed by atoms with E-state index in [2.05, 4.69) is 8.37 Å². The van der Waals surface area contributed by atoms with E-state index in [-0.39, 0.29) is 0 Å². The smallest absolute Gasteiger partial charge is 0.270 e. The highest BCUT2D eigenvalue weighted by Crippen LogP contribution is 2.69. The molecule has 71 heavy (non-hydrogen) atoms. The number of alkyl halides is 38. The topological polar surface area (TPSA) is 86.7 Å². The first-order valence-corrected chi connectivity index (χ1v) is 19.2. The molecule has 0 bridgehead atoms. The second-order valence-corrected chi connectivity index (χ2v) is 17.0. The van der Waals surface area contributed by atoms with Crippen molar-refractivity contribution < 1.29 is 192 Å². The summed E-state index contributed by atoms with van der Waals surface area (Å²) >= 11 is 0. The molecule has 0 saturated heterocycles. The van der Waals surface area contributed by atoms with Crippen molar-refractivity contribution in [3.8, 4) is 0 Å². The van der Waals surface area contributed by atoms with E-state index in [0.717, 1.165) is 0 Å². The van der Waals surface area contributed by atoms with E-state index in [0.29, 0.717) is 0 Å². The highest BCUT2D eigenvalue weighted by atomic mass is 32.2. The van der Waals surface area contributed by atoms with Gasteiger partial charge in [0, 0.05) is 12.8 Å². The SMILES string of the molecule is O=S(=O)(CCC(F)(F)C(F)(F)C(F)(F)C(F)(F)C(F)(C(F)(F)F)C(F)(F)C(F)(F)C(F)(F)F)OCCCOS(=O)(=O)CCC(F)(F)C(F)(F)C(F)(F)C(F)(F)C(F)(C(F)(F)F)C(F)(F)C(F)(F)C(F)(F)F. The van der Waals surface area contributed by atoms with Crippen LogP contribution in [0.15, 0.2) is 0 Å². The van der Waals surface area contributed by atoms with Gasteiger partial charge in [-0.25, -0.2) is 8.78 Å². The molecule has 0 aliphatic heterocycles. The standard InChI is InChI=1S/C25H14F38O6S2/c26-8(27,12(32,33)18(44,45)14(36,37)10(30,22(52,53)54)16(40,41)20(48,49)24(58,59)60)2-6-70(64,65)68-4-1-5-69-71(66,67)7-3-9(28,29)13(34,35)19(46,47)15(38,39)11(31,23(55,56)57)17(42,43)21(50,51)25(61,62)63/h1-7H2. The molecule has 0 rings (SSSR count). The van der Waals surface area contributed by atoms with E-state index in [1.807, 2.05) is 0 Å². The van der Waals surface area contributed by atoms with Crippen LogP contribution in [0.3, 0.4) is 0 Å². The predicted molar refractivity (Wildman–Crippen MR) is 145 cm³/mol. The Morgan fingerprint density at radius 3 is 0.634 bits per heavy atom. The molecule has 0 aliphatic rings. The van der Waals surface area contributed by atoms with Crippen molar-refractivity contribution in [2.45, 2.75) is 126 Å². The van der Waals surface area contributed by atoms with Crippen molar-refractivity contribution in [2.75, 3.05) is 24.7 Å². The lowest BCUT2D eigenvalue weighted by Crippen LogP contribution is -2.79. The second-order valence-electron chi connectivity index (χ2n) is 13.5. The Balaban J connectivity index is 6.30. The van der Waals surface area contributed by atoms with Crippen molar-refractivity contribution in [2.24, 2.45) is 0 Å². The molecule has 0 radical (unpaired) electrons. The van der Waals surface area contributed by atoms with E-state index >= 15 is 0 Å². The van der Waals surface area contributed by atoms with Crippen molar-refractivity contribution >= 4 is 20.2 Å². The van der Waals surface area contributed by atoms with E-state index in [4.69, 9.17) is 0 Å². The molecule has 0 aromatic carbocycles. The van der Waals surface area contributed by atoms with Gasteiger partial charge in [0.2, 0.25) is 0 Å². The lowest BCUT2D eigenvalue weighted by Gasteiger charge is -2.46. The first-order chi connectivity index (χ1) is 30.1. The van der Waals surface area contributed by atoms with Gasteiger partial charge in [-0.15, -0.1) is 0 Å². The van der Waals surface area contributed by atoms with Crippen LogP contribution in [-0.2, 0) is 28.6 Å². The summed E-state index contributed by atoms with van der Waals surface area (Å²) in [5, 5.41) is 0. The molecule has 0 fully saturated rings. The van der Waals surface area contributed by atoms with Crippen LogP contribution in [0, 0.1) is 0 Å². The van der Waals surface area contributed by atoms with Crippen molar-refractivity contribution in [3.63, 3.8) is 0 Å². The van der Waals surface area contributed by atoms with E-state index in [1.165, 1.54) is 0 Å². The minimum absolute atomic E-state index is 1.69. The maximum atomic E-state index is 14.3. The van der Waals surface area contributed by atoms with Gasteiger partial charge in [-0.1, -0.05) is 0 Å². The van der Waals surface area contributed by atoms with Gasteiger partial charge >= 0.3 is 107 Å². The van der Waals surface area contributed by atoms with E-state index in [9.17, 15) is 184 Å². The van der Waals surface area contributed by atoms with Crippen LogP contribution in [0.4, 0.5) is 167 Å². The third-order valence-electron chi connectivity index (χ3n) is 8.66. The van der Waals surface area contributed by atoms with Gasteiger partial charge in [0.25, 0.3) is 20.2 Å². The zero-order valence-electron chi connectivity index (χ0n) is 31.6. The Kier molecular flexibility index (Phi) is 17.7. The zero-order chi connectivity index (χ0) is 58.4. The maximum Gasteiger partial charge on any atom is 0.460 e. The lowest BCUT2D eigenvalue weighted by molar-refractivity contribution is -0.475. The first kappa shape index (κ1) is 68.2. The fourth-order valence-corrected chi connectivity index (χ4v) is 6.54. The molecule has 0 aromatic rings. The summed E-state index contributed by atoms with van der Waals surface area (Å²) in [6, 6.07) is 0. The molecule has 2 atom stereocenters. The van der Waals surface area contributed by atoms with Crippen LogP contribution < -0.4 is 0 Å². The summed E-state index contributed by atoms with van der Waals surface area (Å²) in [6.07, 6.45) is -44.1. The maximum absolute atomic E-state index is 14.3. The van der Waals surface area contributed by atoms with Gasteiger partial charge in [-0.3, -0.25) is 8.37 Å². The third-order valence-corrected chi connectivity index (χ3v) is 11.1. The van der Waals surface area contributed by atoms with E-state index in [1.54, 1.807) is 0 Å². The number of hydrogen-bond acceptors (Lipinski definition) is 6. The largest absolute Gasteiger partial charge is 0.460 e. The van der Waals surface area contributed by atoms with Crippen molar-refractivity contribution in [3.05, 3.63) is 0 Å². The van der Waals surface area contributed by atoms with Crippen molar-refractivity contribution in [1.29, 1.82) is 0 Å². The Morgan fingerprint density at radius 2 is 0.451 bits per heavy atom. The second kappa shape index (κ2) is 18.5. The quantitative estimate of drug-likeness (QED) is 0.0544. The minimum atomic E-state index is -9.62. The number of rotatable bonds is 24. The summed E-state index contributed by atoms with van der Waals surface area (Å²) in [4.78, 5) is 0. The van der Waals surface area contributed by atoms with Crippen LogP contribution >= 0.6 is 0 Å². The molecular formula is C25H14F38O6S2. The molecule has 0 aliphatic carbocycles. The molecule has 6 nitrogen and oxygen atoms in total. The minimum Gasteiger partial charge on any atom is -0.270 e. The monoisotopic (exact) mass is 1200 g/mol. The van der Waals surface area contributed by atoms with Crippen LogP contribution in [-0.4, -0.2) is 149 Å². The molecule has 428 valence electrons. The Bertz CT molecular complexity index is 1940. The summed E-state index contributed by atoms with van der Waals surface area (Å²) in [6.45, 7) is -4.05. The molecule has 0 amide bonds. The number of halogens is 38. The van der Waals surface area contributed by atoms with Gasteiger partial charge in [-0.2, -0.15) is 175 Å². The average molecular weight is 1200 g/mol. The van der Waals surface area contributed by atoms with Gasteiger partial charge in [0.05, 0.1) is 24.7 Å². The van der Waals surface area contributed by atoms with Gasteiger partial charge in [0.15, 0.2) is 0 Å². The molecule has 46 heteroatoms. The first-order valence-electron chi connectivity index (χ1n) is 16.0. The summed E-state index contributed by atoms with van der Waals surface area (Å²) in [5.41, 5.74) is -19.2. The fraction of sp³-hybridized carbons (Fsp3) is 1.00. The normalized spacial score (nSPS) is 18.1.